The molecule has 6 heteroatoms. The van der Waals surface area contributed by atoms with Crippen molar-refractivity contribution in [2.24, 2.45) is 0 Å². The number of nitrogens with two attached hydrogens (primary N) is 1. The maximum atomic E-state index is 9.25. The zero-order valence-electron chi connectivity index (χ0n) is 10.9. The Balaban J connectivity index is 2.08. The number of hydrogen-bond donors (Lipinski definition) is 3. The van der Waals surface area contributed by atoms with Crippen LogP contribution in [-0.4, -0.2) is 52.3 Å². The van der Waals surface area contributed by atoms with E-state index in [0.29, 0.717) is 12.0 Å². The molecule has 1 aliphatic heterocycles. The quantitative estimate of drug-likeness (QED) is 0.703. The van der Waals surface area contributed by atoms with E-state index in [4.69, 9.17) is 5.73 Å². The number of anilines is 2. The van der Waals surface area contributed by atoms with Gasteiger partial charge in [-0.15, -0.1) is 0 Å². The first-order valence-electron chi connectivity index (χ1n) is 6.33. The Kier molecular flexibility index (Phi) is 3.98. The summed E-state index contributed by atoms with van der Waals surface area (Å²) >= 11 is 0. The molecule has 0 aromatic carbocycles. The molecule has 0 radical (unpaired) electrons. The fourth-order valence-electron chi connectivity index (χ4n) is 2.40. The molecule has 1 aromatic rings. The van der Waals surface area contributed by atoms with Crippen LogP contribution in [0.15, 0.2) is 6.20 Å². The summed E-state index contributed by atoms with van der Waals surface area (Å²) in [7, 11) is 2.03. The largest absolute Gasteiger partial charge is 0.395 e. The average molecular weight is 251 g/mol. The zero-order valence-corrected chi connectivity index (χ0v) is 10.9. The molecule has 2 rings (SSSR count). The summed E-state index contributed by atoms with van der Waals surface area (Å²) in [5.41, 5.74) is 6.69. The Morgan fingerprint density at radius 3 is 3.00 bits per heavy atom. The number of nitrogens with zero attached hydrogens (tertiary/aromatic N) is 3. The van der Waals surface area contributed by atoms with Crippen LogP contribution in [0, 0.1) is 0 Å². The molecule has 0 saturated carbocycles. The number of nitrogen functional groups attached to an aromatic ring is 1. The summed E-state index contributed by atoms with van der Waals surface area (Å²) in [6, 6.07) is 0.526. The Hall–Kier alpha value is -1.40. The summed E-state index contributed by atoms with van der Waals surface area (Å²) in [4.78, 5) is 10.4. The Morgan fingerprint density at radius 2 is 2.39 bits per heavy atom. The highest BCUT2D eigenvalue weighted by molar-refractivity contribution is 5.47. The number of hydrogen-bond acceptors (Lipinski definition) is 6. The van der Waals surface area contributed by atoms with E-state index in [2.05, 4.69) is 27.1 Å². The molecule has 1 aliphatic rings. The van der Waals surface area contributed by atoms with E-state index in [1.54, 1.807) is 6.20 Å². The lowest BCUT2D eigenvalue weighted by molar-refractivity contribution is 0.182. The van der Waals surface area contributed by atoms with Crippen molar-refractivity contribution in [1.82, 2.24) is 14.9 Å². The van der Waals surface area contributed by atoms with Crippen molar-refractivity contribution in [2.45, 2.75) is 31.8 Å². The van der Waals surface area contributed by atoms with Crippen LogP contribution < -0.4 is 11.1 Å². The maximum absolute atomic E-state index is 9.25. The van der Waals surface area contributed by atoms with Crippen LogP contribution in [0.4, 0.5) is 11.8 Å². The van der Waals surface area contributed by atoms with E-state index >= 15 is 0 Å². The number of rotatable bonds is 4. The summed E-state index contributed by atoms with van der Waals surface area (Å²) < 4.78 is 0. The van der Waals surface area contributed by atoms with E-state index < -0.39 is 0 Å². The van der Waals surface area contributed by atoms with Crippen molar-refractivity contribution in [3.05, 3.63) is 11.8 Å². The lowest BCUT2D eigenvalue weighted by atomic mass is 10.1. The second-order valence-electron chi connectivity index (χ2n) is 4.81. The number of aryl methyl sites for hydroxylation is 1. The monoisotopic (exact) mass is 251 g/mol. The van der Waals surface area contributed by atoms with Crippen LogP contribution in [0.25, 0.3) is 0 Å². The van der Waals surface area contributed by atoms with E-state index in [1.807, 2.05) is 7.05 Å². The Morgan fingerprint density at radius 1 is 1.61 bits per heavy atom. The summed E-state index contributed by atoms with van der Waals surface area (Å²) in [5, 5.41) is 12.7. The van der Waals surface area contributed by atoms with Gasteiger partial charge in [0.05, 0.1) is 6.61 Å². The van der Waals surface area contributed by atoms with Gasteiger partial charge in [-0.05, 0) is 19.9 Å². The molecule has 2 atom stereocenters. The number of likely N-dealkylation sites (N-methyl/N-ethyl adjacent to an activating group) is 1. The van der Waals surface area contributed by atoms with E-state index in [9.17, 15) is 5.11 Å². The van der Waals surface area contributed by atoms with Crippen molar-refractivity contribution in [2.75, 3.05) is 31.2 Å². The van der Waals surface area contributed by atoms with Crippen molar-refractivity contribution in [3.63, 3.8) is 0 Å². The first-order valence-corrected chi connectivity index (χ1v) is 6.33. The van der Waals surface area contributed by atoms with Crippen LogP contribution in [0.2, 0.25) is 0 Å². The summed E-state index contributed by atoms with van der Waals surface area (Å²) in [6.07, 6.45) is 3.56. The van der Waals surface area contributed by atoms with Crippen LogP contribution in [0.3, 0.4) is 0 Å². The standard InChI is InChI=1S/C12H21N5O/c1-3-8-5-14-12(13)16-11(8)15-9-4-10(7-18)17(2)6-9/h5,9-10,18H,3-4,6-7H2,1-2H3,(H3,13,14,15,16)/t9-,10+/m1/s1. The van der Waals surface area contributed by atoms with Crippen molar-refractivity contribution < 1.29 is 5.11 Å². The number of aliphatic hydroxyl groups excluding tert-OH is 1. The molecule has 2 heterocycles. The average Bonchev–Trinajstić information content (AvgIpc) is 2.70. The van der Waals surface area contributed by atoms with Crippen molar-refractivity contribution in [3.8, 4) is 0 Å². The fraction of sp³-hybridized carbons (Fsp3) is 0.667. The molecule has 0 amide bonds. The highest BCUT2D eigenvalue weighted by Crippen LogP contribution is 2.21. The van der Waals surface area contributed by atoms with Gasteiger partial charge >= 0.3 is 0 Å². The SMILES string of the molecule is CCc1cnc(N)nc1N[C@@H]1C[C@@H](CO)N(C)C1. The molecule has 100 valence electrons. The second kappa shape index (κ2) is 5.49. The predicted octanol–water partition coefficient (Wildman–Crippen LogP) is 0.0981. The normalized spacial score (nSPS) is 24.4. The minimum atomic E-state index is 0.196. The van der Waals surface area contributed by atoms with Gasteiger partial charge in [-0.2, -0.15) is 4.98 Å². The molecule has 4 N–H and O–H groups in total. The van der Waals surface area contributed by atoms with E-state index in [-0.39, 0.29) is 12.6 Å². The molecule has 18 heavy (non-hydrogen) atoms. The molecule has 1 aromatic heterocycles. The molecular formula is C12H21N5O. The zero-order chi connectivity index (χ0) is 13.1. The highest BCUT2D eigenvalue weighted by atomic mass is 16.3. The summed E-state index contributed by atoms with van der Waals surface area (Å²) in [6.45, 7) is 3.16. The lowest BCUT2D eigenvalue weighted by Crippen LogP contribution is -2.28. The molecule has 0 bridgehead atoms. The van der Waals surface area contributed by atoms with Gasteiger partial charge in [0.2, 0.25) is 5.95 Å². The minimum Gasteiger partial charge on any atom is -0.395 e. The molecule has 0 unspecified atom stereocenters. The van der Waals surface area contributed by atoms with Gasteiger partial charge in [0.25, 0.3) is 0 Å². The molecule has 0 aliphatic carbocycles. The fourth-order valence-corrected chi connectivity index (χ4v) is 2.40. The van der Waals surface area contributed by atoms with Crippen molar-refractivity contribution in [1.29, 1.82) is 0 Å². The number of nitrogens with one attached hydrogen (secondary N) is 1. The van der Waals surface area contributed by atoms with Gasteiger partial charge < -0.3 is 16.2 Å². The smallest absolute Gasteiger partial charge is 0.221 e. The van der Waals surface area contributed by atoms with E-state index in [0.717, 1.165) is 30.8 Å². The highest BCUT2D eigenvalue weighted by Gasteiger charge is 2.29. The Labute approximate surface area is 107 Å². The number of aromatic nitrogens is 2. The van der Waals surface area contributed by atoms with Gasteiger partial charge in [-0.25, -0.2) is 4.98 Å². The Bertz CT molecular complexity index is 411. The van der Waals surface area contributed by atoms with Gasteiger partial charge in [-0.3, -0.25) is 4.90 Å². The molecule has 1 fully saturated rings. The molecule has 0 spiro atoms. The van der Waals surface area contributed by atoms with E-state index in [1.165, 1.54) is 0 Å². The van der Waals surface area contributed by atoms with Gasteiger partial charge in [0, 0.05) is 30.4 Å². The van der Waals surface area contributed by atoms with Gasteiger partial charge in [0.1, 0.15) is 5.82 Å². The lowest BCUT2D eigenvalue weighted by Gasteiger charge is -2.16. The first-order chi connectivity index (χ1) is 8.63. The molecule has 6 nitrogen and oxygen atoms in total. The third-order valence-electron chi connectivity index (χ3n) is 3.50. The van der Waals surface area contributed by atoms with Crippen LogP contribution in [0.1, 0.15) is 18.9 Å². The molecule has 1 saturated heterocycles. The van der Waals surface area contributed by atoms with Crippen molar-refractivity contribution >= 4 is 11.8 Å². The topological polar surface area (TPSA) is 87.3 Å². The molecular weight excluding hydrogens is 230 g/mol. The third-order valence-corrected chi connectivity index (χ3v) is 3.50. The number of likely N-dealkylation sites (tertiary alicyclic amines) is 1. The predicted molar refractivity (Wildman–Crippen MR) is 71.4 cm³/mol. The second-order valence-corrected chi connectivity index (χ2v) is 4.81. The summed E-state index contributed by atoms with van der Waals surface area (Å²) in [5.74, 6) is 1.11. The number of aliphatic hydroxyl groups is 1. The van der Waals surface area contributed by atoms with Crippen LogP contribution >= 0.6 is 0 Å². The van der Waals surface area contributed by atoms with Crippen LogP contribution in [-0.2, 0) is 6.42 Å². The maximum Gasteiger partial charge on any atom is 0.221 e. The van der Waals surface area contributed by atoms with Gasteiger partial charge in [0.15, 0.2) is 0 Å². The first kappa shape index (κ1) is 13.0. The van der Waals surface area contributed by atoms with Gasteiger partial charge in [-0.1, -0.05) is 6.92 Å². The third kappa shape index (κ3) is 2.70. The van der Waals surface area contributed by atoms with Crippen LogP contribution in [0.5, 0.6) is 0 Å². The minimum absolute atomic E-state index is 0.196.